The Morgan fingerprint density at radius 3 is 2.59 bits per heavy atom. The quantitative estimate of drug-likeness (QED) is 0.343. The molecule has 2 heterocycles. The lowest BCUT2D eigenvalue weighted by Crippen LogP contribution is -2.43. The molecule has 172 valence electrons. The van der Waals surface area contributed by atoms with Crippen LogP contribution in [-0.2, 0) is 19.6 Å². The first kappa shape index (κ1) is 23.6. The van der Waals surface area contributed by atoms with E-state index >= 15 is 0 Å². The van der Waals surface area contributed by atoms with Crippen LogP contribution in [0.5, 0.6) is 5.75 Å². The first-order chi connectivity index (χ1) is 15.2. The summed E-state index contributed by atoms with van der Waals surface area (Å²) in [6, 6.07) is 5.80. The highest BCUT2D eigenvalue weighted by atomic mass is 32.2. The molecule has 32 heavy (non-hydrogen) atoms. The van der Waals surface area contributed by atoms with E-state index in [4.69, 9.17) is 9.47 Å². The van der Waals surface area contributed by atoms with Crippen molar-refractivity contribution in [3.05, 3.63) is 46.0 Å². The summed E-state index contributed by atoms with van der Waals surface area (Å²) >= 11 is 0.604. The van der Waals surface area contributed by atoms with Gasteiger partial charge in [0, 0.05) is 12.6 Å². The number of anilines is 1. The number of ether oxygens (including phenoxy) is 2. The number of amides is 1. The lowest BCUT2D eigenvalue weighted by atomic mass is 10.2. The van der Waals surface area contributed by atoms with E-state index in [1.807, 2.05) is 0 Å². The van der Waals surface area contributed by atoms with Gasteiger partial charge in [-0.05, 0) is 55.4 Å². The second kappa shape index (κ2) is 9.63. The number of esters is 1. The summed E-state index contributed by atoms with van der Waals surface area (Å²) in [6.45, 7) is 1.77. The van der Waals surface area contributed by atoms with E-state index in [0.29, 0.717) is 23.5 Å². The molecule has 1 unspecified atom stereocenters. The average molecular weight is 484 g/mol. The summed E-state index contributed by atoms with van der Waals surface area (Å²) in [4.78, 5) is 35.6. The van der Waals surface area contributed by atoms with Crippen LogP contribution in [0.2, 0.25) is 0 Å². The van der Waals surface area contributed by atoms with Gasteiger partial charge in [0.05, 0.1) is 23.5 Å². The fourth-order valence-electron chi connectivity index (χ4n) is 3.29. The SMILES string of the molecule is CCOC(=O)c1cc([N+](=O)[O-])sc1NC(=O)C1CCCN1S(=O)(=O)c1ccc(OC)cc1. The molecule has 1 aromatic heterocycles. The van der Waals surface area contributed by atoms with Gasteiger partial charge in [-0.3, -0.25) is 14.9 Å². The summed E-state index contributed by atoms with van der Waals surface area (Å²) in [5.41, 5.74) is -0.153. The van der Waals surface area contributed by atoms with Crippen LogP contribution in [0.15, 0.2) is 35.2 Å². The molecule has 0 spiro atoms. The minimum atomic E-state index is -3.97. The van der Waals surface area contributed by atoms with Crippen molar-refractivity contribution in [3.63, 3.8) is 0 Å². The number of benzene rings is 1. The van der Waals surface area contributed by atoms with Crippen molar-refractivity contribution in [2.75, 3.05) is 25.6 Å². The lowest BCUT2D eigenvalue weighted by molar-refractivity contribution is -0.380. The maximum absolute atomic E-state index is 13.1. The van der Waals surface area contributed by atoms with Crippen LogP contribution in [0.3, 0.4) is 0 Å². The summed E-state index contributed by atoms with van der Waals surface area (Å²) in [5, 5.41) is 13.2. The van der Waals surface area contributed by atoms with Gasteiger partial charge >= 0.3 is 11.0 Å². The number of nitrogens with one attached hydrogen (secondary N) is 1. The third-order valence-corrected chi connectivity index (χ3v) is 7.73. The molecule has 11 nitrogen and oxygen atoms in total. The predicted molar refractivity (Wildman–Crippen MR) is 115 cm³/mol. The second-order valence-corrected chi connectivity index (χ2v) is 9.66. The maximum atomic E-state index is 13.1. The van der Waals surface area contributed by atoms with Crippen LogP contribution in [0.25, 0.3) is 0 Å². The molecule has 3 rings (SSSR count). The highest BCUT2D eigenvalue weighted by molar-refractivity contribution is 7.89. The smallest absolute Gasteiger partial charge is 0.341 e. The van der Waals surface area contributed by atoms with Crippen LogP contribution >= 0.6 is 11.3 Å². The van der Waals surface area contributed by atoms with Crippen molar-refractivity contribution < 1.29 is 32.4 Å². The number of sulfonamides is 1. The van der Waals surface area contributed by atoms with Gasteiger partial charge < -0.3 is 14.8 Å². The van der Waals surface area contributed by atoms with E-state index < -0.39 is 32.9 Å². The Morgan fingerprint density at radius 1 is 1.31 bits per heavy atom. The molecule has 0 bridgehead atoms. The monoisotopic (exact) mass is 483 g/mol. The molecule has 0 radical (unpaired) electrons. The summed E-state index contributed by atoms with van der Waals surface area (Å²) in [5.74, 6) is -1.01. The van der Waals surface area contributed by atoms with Gasteiger partial charge in [-0.15, -0.1) is 0 Å². The van der Waals surface area contributed by atoms with Crippen molar-refractivity contribution in [1.82, 2.24) is 4.31 Å². The summed E-state index contributed by atoms with van der Waals surface area (Å²) in [7, 11) is -2.51. The molecular formula is C19H21N3O8S2. The molecule has 1 aliphatic heterocycles. The van der Waals surface area contributed by atoms with E-state index in [2.05, 4.69) is 5.32 Å². The van der Waals surface area contributed by atoms with E-state index in [1.165, 1.54) is 31.4 Å². The standard InChI is InChI=1S/C19H21N3O8S2/c1-3-30-19(24)14-11-16(22(25)26)31-18(14)20-17(23)15-5-4-10-21(15)32(27,28)13-8-6-12(29-2)7-9-13/h6-9,11,15H,3-5,10H2,1-2H3,(H,20,23). The minimum absolute atomic E-state index is 0.0111. The molecule has 1 aromatic carbocycles. The van der Waals surface area contributed by atoms with Crippen molar-refractivity contribution in [2.24, 2.45) is 0 Å². The zero-order chi connectivity index (χ0) is 23.5. The largest absolute Gasteiger partial charge is 0.497 e. The molecule has 13 heteroatoms. The van der Waals surface area contributed by atoms with Gasteiger partial charge in [0.15, 0.2) is 0 Å². The minimum Gasteiger partial charge on any atom is -0.497 e. The van der Waals surface area contributed by atoms with E-state index in [1.54, 1.807) is 6.92 Å². The van der Waals surface area contributed by atoms with Gasteiger partial charge in [-0.25, -0.2) is 13.2 Å². The predicted octanol–water partition coefficient (Wildman–Crippen LogP) is 2.63. The first-order valence-corrected chi connectivity index (χ1v) is 11.9. The molecule has 1 saturated heterocycles. The molecule has 1 aliphatic rings. The van der Waals surface area contributed by atoms with Crippen LogP contribution in [0.4, 0.5) is 10.0 Å². The number of carbonyl (C=O) groups is 2. The van der Waals surface area contributed by atoms with Gasteiger partial charge in [0.1, 0.15) is 22.4 Å². The number of hydrogen-bond acceptors (Lipinski definition) is 9. The maximum Gasteiger partial charge on any atom is 0.341 e. The van der Waals surface area contributed by atoms with Crippen LogP contribution in [-0.4, -0.2) is 55.8 Å². The molecule has 1 fully saturated rings. The highest BCUT2D eigenvalue weighted by Gasteiger charge is 2.40. The zero-order valence-electron chi connectivity index (χ0n) is 17.3. The van der Waals surface area contributed by atoms with Crippen molar-refractivity contribution in [2.45, 2.75) is 30.7 Å². The van der Waals surface area contributed by atoms with Gasteiger partial charge in [-0.1, -0.05) is 0 Å². The van der Waals surface area contributed by atoms with Gasteiger partial charge in [0.25, 0.3) is 0 Å². The number of methoxy groups -OCH3 is 1. The van der Waals surface area contributed by atoms with E-state index in [0.717, 1.165) is 10.4 Å². The lowest BCUT2D eigenvalue weighted by Gasteiger charge is -2.23. The molecule has 0 aliphatic carbocycles. The van der Waals surface area contributed by atoms with Crippen molar-refractivity contribution in [3.8, 4) is 5.75 Å². The van der Waals surface area contributed by atoms with Crippen LogP contribution < -0.4 is 10.1 Å². The number of nitro groups is 1. The second-order valence-electron chi connectivity index (χ2n) is 6.74. The molecule has 1 atom stereocenters. The Labute approximate surface area is 188 Å². The van der Waals surface area contributed by atoms with Crippen LogP contribution in [0.1, 0.15) is 30.1 Å². The molecular weight excluding hydrogens is 462 g/mol. The van der Waals surface area contributed by atoms with Gasteiger partial charge in [0.2, 0.25) is 15.9 Å². The number of thiophene rings is 1. The Hall–Kier alpha value is -3.03. The van der Waals surface area contributed by atoms with Gasteiger partial charge in [-0.2, -0.15) is 4.31 Å². The highest BCUT2D eigenvalue weighted by Crippen LogP contribution is 2.35. The number of carbonyl (C=O) groups excluding carboxylic acids is 2. The number of rotatable bonds is 8. The molecule has 0 saturated carbocycles. The number of nitrogens with zero attached hydrogens (tertiary/aromatic N) is 2. The fourth-order valence-corrected chi connectivity index (χ4v) is 5.81. The van der Waals surface area contributed by atoms with Crippen LogP contribution in [0, 0.1) is 10.1 Å². The summed E-state index contributed by atoms with van der Waals surface area (Å²) in [6.07, 6.45) is 0.728. The Morgan fingerprint density at radius 2 is 2.00 bits per heavy atom. The normalized spacial score (nSPS) is 16.5. The third-order valence-electron chi connectivity index (χ3n) is 4.80. The zero-order valence-corrected chi connectivity index (χ0v) is 18.9. The average Bonchev–Trinajstić information content (AvgIpc) is 3.42. The van der Waals surface area contributed by atoms with Crippen molar-refractivity contribution >= 4 is 43.2 Å². The molecule has 2 aromatic rings. The Bertz CT molecular complexity index is 1130. The topological polar surface area (TPSA) is 145 Å². The number of hydrogen-bond donors (Lipinski definition) is 1. The Balaban J connectivity index is 1.86. The third kappa shape index (κ3) is 4.74. The Kier molecular flexibility index (Phi) is 7.11. The fraction of sp³-hybridized carbons (Fsp3) is 0.368. The van der Waals surface area contributed by atoms with Crippen molar-refractivity contribution in [1.29, 1.82) is 0 Å². The van der Waals surface area contributed by atoms with E-state index in [9.17, 15) is 28.1 Å². The molecule has 1 N–H and O–H groups in total. The molecule has 1 amide bonds. The van der Waals surface area contributed by atoms with E-state index in [-0.39, 0.29) is 40.0 Å². The first-order valence-electron chi connectivity index (χ1n) is 9.61. The summed E-state index contributed by atoms with van der Waals surface area (Å²) < 4.78 is 37.2.